The van der Waals surface area contributed by atoms with Crippen LogP contribution >= 0.6 is 23.4 Å². The minimum atomic E-state index is -0.481. The predicted octanol–water partition coefficient (Wildman–Crippen LogP) is 3.61. The smallest absolute Gasteiger partial charge is 0.233 e. The summed E-state index contributed by atoms with van der Waals surface area (Å²) >= 11 is 7.23. The number of nitrogens with one attached hydrogen (secondary N) is 1. The van der Waals surface area contributed by atoms with E-state index in [1.165, 1.54) is 11.8 Å². The Morgan fingerprint density at radius 2 is 1.92 bits per heavy atom. The Bertz CT molecular complexity index is 824. The number of rotatable bonds is 4. The quantitative estimate of drug-likeness (QED) is 0.871. The summed E-state index contributed by atoms with van der Waals surface area (Å²) in [6.07, 6.45) is 0.150. The molecule has 5 nitrogen and oxygen atoms in total. The van der Waals surface area contributed by atoms with Gasteiger partial charge in [0.05, 0.1) is 17.5 Å². The summed E-state index contributed by atoms with van der Waals surface area (Å²) < 4.78 is 0. The van der Waals surface area contributed by atoms with Crippen molar-refractivity contribution in [3.05, 3.63) is 65.2 Å². The first-order chi connectivity index (χ1) is 12.6. The number of hydrogen-bond donors (Lipinski definition) is 1. The highest BCUT2D eigenvalue weighted by Gasteiger charge is 2.35. The number of nitrogens with zero attached hydrogens (tertiary/aromatic N) is 2. The highest BCUT2D eigenvalue weighted by atomic mass is 35.5. The third-order valence-electron chi connectivity index (χ3n) is 3.91. The summed E-state index contributed by atoms with van der Waals surface area (Å²) in [6.45, 7) is 0.416. The van der Waals surface area contributed by atoms with Crippen molar-refractivity contribution < 1.29 is 9.59 Å². The van der Waals surface area contributed by atoms with E-state index >= 15 is 0 Å². The van der Waals surface area contributed by atoms with Gasteiger partial charge in [-0.2, -0.15) is 0 Å². The SMILES string of the molecule is CNC(=O)C1CC(=O)N(Cc2ccccc2)C(=Nc2ccc(Cl)cc2)S1. The lowest BCUT2D eigenvalue weighted by Crippen LogP contribution is -2.45. The molecule has 2 aromatic rings. The predicted molar refractivity (Wildman–Crippen MR) is 106 cm³/mol. The van der Waals surface area contributed by atoms with Gasteiger partial charge in [-0.1, -0.05) is 53.7 Å². The van der Waals surface area contributed by atoms with Gasteiger partial charge in [-0.15, -0.1) is 0 Å². The van der Waals surface area contributed by atoms with Gasteiger partial charge in [-0.05, 0) is 29.8 Å². The number of carbonyl (C=O) groups is 2. The van der Waals surface area contributed by atoms with Crippen molar-refractivity contribution in [2.24, 2.45) is 4.99 Å². The molecule has 0 aromatic heterocycles. The molecule has 1 N–H and O–H groups in total. The molecule has 1 saturated heterocycles. The first-order valence-corrected chi connectivity index (χ1v) is 9.39. The van der Waals surface area contributed by atoms with Gasteiger partial charge in [0.25, 0.3) is 0 Å². The molecule has 26 heavy (non-hydrogen) atoms. The van der Waals surface area contributed by atoms with Gasteiger partial charge in [-0.25, -0.2) is 4.99 Å². The van der Waals surface area contributed by atoms with Crippen LogP contribution in [0.25, 0.3) is 0 Å². The Labute approximate surface area is 161 Å². The van der Waals surface area contributed by atoms with Gasteiger partial charge in [0.1, 0.15) is 0 Å². The summed E-state index contributed by atoms with van der Waals surface area (Å²) in [5.41, 5.74) is 1.68. The van der Waals surface area contributed by atoms with Crippen molar-refractivity contribution in [3.8, 4) is 0 Å². The fourth-order valence-corrected chi connectivity index (χ4v) is 3.83. The van der Waals surface area contributed by atoms with Crippen LogP contribution in [0.3, 0.4) is 0 Å². The van der Waals surface area contributed by atoms with Crippen LogP contribution in [-0.2, 0) is 16.1 Å². The van der Waals surface area contributed by atoms with E-state index in [9.17, 15) is 9.59 Å². The summed E-state index contributed by atoms with van der Waals surface area (Å²) in [4.78, 5) is 31.0. The highest BCUT2D eigenvalue weighted by Crippen LogP contribution is 2.30. The number of carbonyl (C=O) groups excluding carboxylic acids is 2. The van der Waals surface area contributed by atoms with Crippen LogP contribution < -0.4 is 5.32 Å². The number of halogens is 1. The molecule has 2 aromatic carbocycles. The van der Waals surface area contributed by atoms with Crippen molar-refractivity contribution in [2.45, 2.75) is 18.2 Å². The standard InChI is InChI=1S/C19H18ClN3O2S/c1-21-18(25)16-11-17(24)23(12-13-5-3-2-4-6-13)19(26-16)22-15-9-7-14(20)8-10-15/h2-10,16H,11-12H2,1H3,(H,21,25). The number of benzene rings is 2. The van der Waals surface area contributed by atoms with Crippen LogP contribution in [0.2, 0.25) is 5.02 Å². The van der Waals surface area contributed by atoms with Crippen LogP contribution in [0.15, 0.2) is 59.6 Å². The molecule has 0 spiro atoms. The molecule has 134 valence electrons. The number of amidine groups is 1. The first kappa shape index (κ1) is 18.5. The number of aliphatic imine (C=N–C) groups is 1. The van der Waals surface area contributed by atoms with Crippen molar-refractivity contribution in [1.29, 1.82) is 0 Å². The van der Waals surface area contributed by atoms with Gasteiger partial charge in [-0.3, -0.25) is 14.5 Å². The Morgan fingerprint density at radius 1 is 1.23 bits per heavy atom. The maximum Gasteiger partial charge on any atom is 0.233 e. The van der Waals surface area contributed by atoms with E-state index in [1.807, 2.05) is 30.3 Å². The average molecular weight is 388 g/mol. The molecule has 2 amide bonds. The van der Waals surface area contributed by atoms with Crippen LogP contribution in [0.1, 0.15) is 12.0 Å². The van der Waals surface area contributed by atoms with Gasteiger partial charge >= 0.3 is 0 Å². The average Bonchev–Trinajstić information content (AvgIpc) is 2.66. The zero-order valence-electron chi connectivity index (χ0n) is 14.2. The fraction of sp³-hybridized carbons (Fsp3) is 0.211. The molecule has 1 atom stereocenters. The zero-order valence-corrected chi connectivity index (χ0v) is 15.8. The maximum atomic E-state index is 12.7. The van der Waals surface area contributed by atoms with Gasteiger partial charge in [0.2, 0.25) is 11.8 Å². The van der Waals surface area contributed by atoms with Crippen LogP contribution in [0, 0.1) is 0 Å². The van der Waals surface area contributed by atoms with E-state index in [-0.39, 0.29) is 18.2 Å². The monoisotopic (exact) mass is 387 g/mol. The lowest BCUT2D eigenvalue weighted by molar-refractivity contribution is -0.130. The van der Waals surface area contributed by atoms with E-state index < -0.39 is 5.25 Å². The lowest BCUT2D eigenvalue weighted by Gasteiger charge is -2.31. The molecule has 7 heteroatoms. The second kappa shape index (κ2) is 8.38. The van der Waals surface area contributed by atoms with E-state index in [1.54, 1.807) is 36.2 Å². The molecule has 1 unspecified atom stereocenters. The second-order valence-electron chi connectivity index (χ2n) is 5.76. The van der Waals surface area contributed by atoms with Crippen molar-refractivity contribution in [3.63, 3.8) is 0 Å². The number of thioether (sulfide) groups is 1. The van der Waals surface area contributed by atoms with E-state index in [4.69, 9.17) is 11.6 Å². The van der Waals surface area contributed by atoms with Gasteiger partial charge < -0.3 is 5.32 Å². The van der Waals surface area contributed by atoms with Crippen LogP contribution in [0.4, 0.5) is 5.69 Å². The largest absolute Gasteiger partial charge is 0.358 e. The molecule has 0 radical (unpaired) electrons. The molecule has 1 heterocycles. The Kier molecular flexibility index (Phi) is 5.96. The molecule has 1 fully saturated rings. The van der Waals surface area contributed by atoms with Crippen molar-refractivity contribution >= 4 is 46.0 Å². The fourth-order valence-electron chi connectivity index (χ4n) is 2.55. The topological polar surface area (TPSA) is 61.8 Å². The molecule has 1 aliphatic heterocycles. The minimum absolute atomic E-state index is 0.117. The number of hydrogen-bond acceptors (Lipinski definition) is 4. The summed E-state index contributed by atoms with van der Waals surface area (Å²) in [5.74, 6) is -0.291. The molecule has 1 aliphatic rings. The second-order valence-corrected chi connectivity index (χ2v) is 7.37. The summed E-state index contributed by atoms with van der Waals surface area (Å²) in [7, 11) is 1.57. The van der Waals surface area contributed by atoms with Crippen molar-refractivity contribution in [1.82, 2.24) is 10.2 Å². The van der Waals surface area contributed by atoms with E-state index in [0.717, 1.165) is 5.56 Å². The normalized spacial score (nSPS) is 18.8. The zero-order chi connectivity index (χ0) is 18.5. The third-order valence-corrected chi connectivity index (χ3v) is 5.35. The van der Waals surface area contributed by atoms with Crippen molar-refractivity contribution in [2.75, 3.05) is 7.05 Å². The Morgan fingerprint density at radius 3 is 2.58 bits per heavy atom. The molecular formula is C19H18ClN3O2S. The summed E-state index contributed by atoms with van der Waals surface area (Å²) in [5, 5.41) is 3.26. The maximum absolute atomic E-state index is 12.7. The highest BCUT2D eigenvalue weighted by molar-refractivity contribution is 8.15. The minimum Gasteiger partial charge on any atom is -0.358 e. The first-order valence-electron chi connectivity index (χ1n) is 8.13. The van der Waals surface area contributed by atoms with E-state index in [2.05, 4.69) is 10.3 Å². The van der Waals surface area contributed by atoms with Gasteiger partial charge in [0.15, 0.2) is 5.17 Å². The Hall–Kier alpha value is -2.31. The molecule has 3 rings (SSSR count). The summed E-state index contributed by atoms with van der Waals surface area (Å²) in [6, 6.07) is 16.8. The third kappa shape index (κ3) is 4.45. The van der Waals surface area contributed by atoms with Crippen LogP contribution in [-0.4, -0.2) is 34.2 Å². The number of amides is 2. The molecule has 0 saturated carbocycles. The molecule has 0 aliphatic carbocycles. The van der Waals surface area contributed by atoms with E-state index in [0.29, 0.717) is 22.4 Å². The Balaban J connectivity index is 1.92. The lowest BCUT2D eigenvalue weighted by atomic mass is 10.2. The van der Waals surface area contributed by atoms with Crippen LogP contribution in [0.5, 0.6) is 0 Å². The molecular weight excluding hydrogens is 370 g/mol. The van der Waals surface area contributed by atoms with Gasteiger partial charge in [0, 0.05) is 18.5 Å². The molecule has 0 bridgehead atoms.